The normalized spacial score (nSPS) is 15.1. The third-order valence-electron chi connectivity index (χ3n) is 3.04. The number of nitrogens with zero attached hydrogens (tertiary/aromatic N) is 3. The van der Waals surface area contributed by atoms with Crippen LogP contribution in [-0.4, -0.2) is 39.2 Å². The van der Waals surface area contributed by atoms with Gasteiger partial charge in [-0.1, -0.05) is 0 Å². The monoisotopic (exact) mass is 265 g/mol. The molecule has 6 heteroatoms. The van der Waals surface area contributed by atoms with Crippen molar-refractivity contribution in [2.45, 2.75) is 39.3 Å². The summed E-state index contributed by atoms with van der Waals surface area (Å²) in [5.74, 6) is 0. The molecule has 0 atom stereocenters. The van der Waals surface area contributed by atoms with Gasteiger partial charge in [-0.3, -0.25) is 9.48 Å². The molecule has 0 saturated heterocycles. The standard InChI is InChI=1S/C13H19N3O3/c1-13(2,3)19-12(18)16-6-5-9-10(8-17)14-15(4)11(9)7-16/h8H,5-7H2,1-4H3. The van der Waals surface area contributed by atoms with Crippen LogP contribution in [0.4, 0.5) is 4.79 Å². The average Bonchev–Trinajstić information content (AvgIpc) is 2.63. The summed E-state index contributed by atoms with van der Waals surface area (Å²) in [6.45, 7) is 6.51. The predicted molar refractivity (Wildman–Crippen MR) is 68.9 cm³/mol. The molecule has 1 aliphatic heterocycles. The minimum Gasteiger partial charge on any atom is -0.444 e. The van der Waals surface area contributed by atoms with Gasteiger partial charge in [-0.05, 0) is 27.2 Å². The van der Waals surface area contributed by atoms with E-state index in [2.05, 4.69) is 5.10 Å². The zero-order chi connectivity index (χ0) is 14.2. The summed E-state index contributed by atoms with van der Waals surface area (Å²) < 4.78 is 7.02. The quantitative estimate of drug-likeness (QED) is 0.722. The summed E-state index contributed by atoms with van der Waals surface area (Å²) in [4.78, 5) is 24.6. The van der Waals surface area contributed by atoms with Gasteiger partial charge in [0.05, 0.1) is 12.2 Å². The molecule has 6 nitrogen and oxygen atoms in total. The topological polar surface area (TPSA) is 64.4 Å². The molecule has 0 bridgehead atoms. The highest BCUT2D eigenvalue weighted by Gasteiger charge is 2.29. The zero-order valence-electron chi connectivity index (χ0n) is 11.8. The Bertz CT molecular complexity index is 514. The molecule has 2 heterocycles. The van der Waals surface area contributed by atoms with Crippen LogP contribution in [0.25, 0.3) is 0 Å². The Kier molecular flexibility index (Phi) is 3.34. The minimum absolute atomic E-state index is 0.327. The van der Waals surface area contributed by atoms with Crippen molar-refractivity contribution < 1.29 is 14.3 Å². The first-order chi connectivity index (χ1) is 8.81. The van der Waals surface area contributed by atoms with Crippen molar-refractivity contribution in [2.75, 3.05) is 6.54 Å². The highest BCUT2D eigenvalue weighted by molar-refractivity contribution is 5.75. The van der Waals surface area contributed by atoms with Crippen LogP contribution in [0.2, 0.25) is 0 Å². The lowest BCUT2D eigenvalue weighted by atomic mass is 10.1. The lowest BCUT2D eigenvalue weighted by Gasteiger charge is -2.30. The molecule has 0 N–H and O–H groups in total. The third-order valence-corrected chi connectivity index (χ3v) is 3.04. The number of hydrogen-bond donors (Lipinski definition) is 0. The van der Waals surface area contributed by atoms with E-state index in [9.17, 15) is 9.59 Å². The average molecular weight is 265 g/mol. The molecule has 2 rings (SSSR count). The van der Waals surface area contributed by atoms with Gasteiger partial charge in [0, 0.05) is 19.2 Å². The fraction of sp³-hybridized carbons (Fsp3) is 0.615. The first kappa shape index (κ1) is 13.6. The minimum atomic E-state index is -0.502. The van der Waals surface area contributed by atoms with Gasteiger partial charge in [0.1, 0.15) is 11.3 Å². The number of carbonyl (C=O) groups is 2. The van der Waals surface area contributed by atoms with Crippen LogP contribution in [0.15, 0.2) is 0 Å². The van der Waals surface area contributed by atoms with Crippen molar-refractivity contribution in [1.29, 1.82) is 0 Å². The van der Waals surface area contributed by atoms with Crippen LogP contribution >= 0.6 is 0 Å². The van der Waals surface area contributed by atoms with E-state index >= 15 is 0 Å². The molecule has 0 saturated carbocycles. The maximum absolute atomic E-state index is 12.0. The Morgan fingerprint density at radius 1 is 1.42 bits per heavy atom. The Labute approximate surface area is 112 Å². The molecule has 0 fully saturated rings. The molecule has 1 aromatic rings. The van der Waals surface area contributed by atoms with E-state index in [1.165, 1.54) is 0 Å². The third kappa shape index (κ3) is 2.77. The number of hydrogen-bond acceptors (Lipinski definition) is 4. The molecular formula is C13H19N3O3. The molecule has 0 spiro atoms. The molecule has 19 heavy (non-hydrogen) atoms. The second kappa shape index (κ2) is 4.68. The van der Waals surface area contributed by atoms with E-state index in [4.69, 9.17) is 4.74 Å². The van der Waals surface area contributed by atoms with E-state index < -0.39 is 5.60 Å². The fourth-order valence-electron chi connectivity index (χ4n) is 2.18. The maximum Gasteiger partial charge on any atom is 0.410 e. The number of rotatable bonds is 1. The summed E-state index contributed by atoms with van der Waals surface area (Å²) in [6.07, 6.45) is 1.07. The fourth-order valence-corrected chi connectivity index (χ4v) is 2.18. The van der Waals surface area contributed by atoms with E-state index in [0.717, 1.165) is 17.5 Å². The molecule has 104 valence electrons. The smallest absolute Gasteiger partial charge is 0.410 e. The number of ether oxygens (including phenoxy) is 1. The molecule has 0 aliphatic carbocycles. The Balaban J connectivity index is 2.16. The van der Waals surface area contributed by atoms with Gasteiger partial charge in [0.15, 0.2) is 6.29 Å². The number of carbonyl (C=O) groups excluding carboxylic acids is 2. The maximum atomic E-state index is 12.0. The first-order valence-electron chi connectivity index (χ1n) is 6.29. The van der Waals surface area contributed by atoms with Crippen LogP contribution in [-0.2, 0) is 24.8 Å². The first-order valence-corrected chi connectivity index (χ1v) is 6.29. The van der Waals surface area contributed by atoms with Crippen molar-refractivity contribution in [2.24, 2.45) is 7.05 Å². The van der Waals surface area contributed by atoms with Gasteiger partial charge >= 0.3 is 6.09 Å². The number of aryl methyl sites for hydroxylation is 1. The van der Waals surface area contributed by atoms with Gasteiger partial charge in [-0.15, -0.1) is 0 Å². The molecular weight excluding hydrogens is 246 g/mol. The summed E-state index contributed by atoms with van der Waals surface area (Å²) in [5, 5.41) is 4.15. The van der Waals surface area contributed by atoms with Gasteiger partial charge in [-0.2, -0.15) is 5.10 Å². The number of amides is 1. The lowest BCUT2D eigenvalue weighted by Crippen LogP contribution is -2.40. The van der Waals surface area contributed by atoms with Crippen LogP contribution < -0.4 is 0 Å². The lowest BCUT2D eigenvalue weighted by molar-refractivity contribution is 0.0219. The SMILES string of the molecule is Cn1nc(C=O)c2c1CN(C(=O)OC(C)(C)C)CC2. The second-order valence-electron chi connectivity index (χ2n) is 5.70. The second-order valence-corrected chi connectivity index (χ2v) is 5.70. The van der Waals surface area contributed by atoms with Crippen molar-refractivity contribution in [3.8, 4) is 0 Å². The van der Waals surface area contributed by atoms with Gasteiger partial charge < -0.3 is 9.64 Å². The molecule has 1 aliphatic rings. The van der Waals surface area contributed by atoms with Crippen molar-refractivity contribution in [1.82, 2.24) is 14.7 Å². The zero-order valence-corrected chi connectivity index (χ0v) is 11.8. The van der Waals surface area contributed by atoms with Gasteiger partial charge in [0.25, 0.3) is 0 Å². The van der Waals surface area contributed by atoms with Crippen LogP contribution in [0.5, 0.6) is 0 Å². The summed E-state index contributed by atoms with van der Waals surface area (Å²) in [5.41, 5.74) is 1.82. The van der Waals surface area contributed by atoms with E-state index in [0.29, 0.717) is 25.2 Å². The highest BCUT2D eigenvalue weighted by Crippen LogP contribution is 2.22. The van der Waals surface area contributed by atoms with Gasteiger partial charge in [-0.25, -0.2) is 4.79 Å². The molecule has 0 unspecified atom stereocenters. The molecule has 0 radical (unpaired) electrons. The van der Waals surface area contributed by atoms with Gasteiger partial charge in [0.2, 0.25) is 0 Å². The number of aldehydes is 1. The largest absolute Gasteiger partial charge is 0.444 e. The number of fused-ring (bicyclic) bond motifs is 1. The summed E-state index contributed by atoms with van der Waals surface area (Å²) >= 11 is 0. The summed E-state index contributed by atoms with van der Waals surface area (Å²) in [7, 11) is 1.78. The Morgan fingerprint density at radius 2 is 2.11 bits per heavy atom. The molecule has 0 aromatic carbocycles. The van der Waals surface area contributed by atoms with Crippen molar-refractivity contribution >= 4 is 12.4 Å². The molecule has 1 amide bonds. The van der Waals surface area contributed by atoms with Crippen molar-refractivity contribution in [3.05, 3.63) is 17.0 Å². The van der Waals surface area contributed by atoms with Crippen LogP contribution in [0, 0.1) is 0 Å². The van der Waals surface area contributed by atoms with E-state index in [-0.39, 0.29) is 6.09 Å². The predicted octanol–water partition coefficient (Wildman–Crippen LogP) is 1.53. The van der Waals surface area contributed by atoms with E-state index in [1.54, 1.807) is 16.6 Å². The Morgan fingerprint density at radius 3 is 2.68 bits per heavy atom. The van der Waals surface area contributed by atoms with Crippen molar-refractivity contribution in [3.63, 3.8) is 0 Å². The summed E-state index contributed by atoms with van der Waals surface area (Å²) in [6, 6.07) is 0. The Hall–Kier alpha value is -1.85. The number of aromatic nitrogens is 2. The van der Waals surface area contributed by atoms with E-state index in [1.807, 2.05) is 20.8 Å². The molecule has 1 aromatic heterocycles. The van der Waals surface area contributed by atoms with Crippen LogP contribution in [0.1, 0.15) is 42.5 Å². The highest BCUT2D eigenvalue weighted by atomic mass is 16.6. The van der Waals surface area contributed by atoms with Crippen LogP contribution in [0.3, 0.4) is 0 Å².